The summed E-state index contributed by atoms with van der Waals surface area (Å²) < 4.78 is 0. The predicted octanol–water partition coefficient (Wildman–Crippen LogP) is 6.97. The Bertz CT molecular complexity index is 1410. The molecule has 0 amide bonds. The normalized spacial score (nSPS) is 10.2. The maximum absolute atomic E-state index is 11.1. The monoisotopic (exact) mass is 616 g/mol. The van der Waals surface area contributed by atoms with Gasteiger partial charge in [0, 0.05) is 56.5 Å². The van der Waals surface area contributed by atoms with Crippen molar-refractivity contribution in [1.82, 2.24) is 9.97 Å². The van der Waals surface area contributed by atoms with Crippen LogP contribution in [0.3, 0.4) is 0 Å². The van der Waals surface area contributed by atoms with E-state index in [4.69, 9.17) is 10.2 Å². The number of hydrogen-bond acceptors (Lipinski definition) is 12. The van der Waals surface area contributed by atoms with Crippen LogP contribution in [0.2, 0.25) is 0 Å². The first-order chi connectivity index (χ1) is 19.2. The van der Waals surface area contributed by atoms with Crippen LogP contribution in [-0.4, -0.2) is 42.0 Å². The van der Waals surface area contributed by atoms with Crippen LogP contribution in [0.4, 0.5) is 11.4 Å². The third kappa shape index (κ3) is 8.98. The summed E-state index contributed by atoms with van der Waals surface area (Å²) in [6, 6.07) is 15.1. The van der Waals surface area contributed by atoms with Crippen LogP contribution >= 0.6 is 43.2 Å². The molecule has 16 heteroatoms. The van der Waals surface area contributed by atoms with E-state index in [0.29, 0.717) is 9.79 Å². The molecular weight excluding hydrogens is 601 g/mol. The van der Waals surface area contributed by atoms with Crippen LogP contribution in [0.15, 0.2) is 105 Å². The van der Waals surface area contributed by atoms with Crippen molar-refractivity contribution in [2.45, 2.75) is 19.6 Å². The van der Waals surface area contributed by atoms with E-state index in [1.165, 1.54) is 21.9 Å². The molecule has 0 aliphatic rings. The molecule has 2 aromatic carbocycles. The Morgan fingerprint density at radius 1 is 0.575 bits per heavy atom. The van der Waals surface area contributed by atoms with Crippen molar-refractivity contribution < 1.29 is 29.6 Å². The van der Waals surface area contributed by atoms with Crippen LogP contribution in [0.1, 0.15) is 20.7 Å². The van der Waals surface area contributed by atoms with Crippen molar-refractivity contribution in [2.24, 2.45) is 0 Å². The highest BCUT2D eigenvalue weighted by atomic mass is 33.1. The number of nitro groups is 2. The van der Waals surface area contributed by atoms with Gasteiger partial charge < -0.3 is 10.2 Å². The Hall–Kier alpha value is -4.12. The molecule has 0 aliphatic heterocycles. The van der Waals surface area contributed by atoms with E-state index in [0.717, 1.165) is 45.9 Å². The van der Waals surface area contributed by atoms with Crippen molar-refractivity contribution in [3.05, 3.63) is 117 Å². The molecule has 2 N–H and O–H groups in total. The second-order valence-electron chi connectivity index (χ2n) is 7.18. The highest BCUT2D eigenvalue weighted by molar-refractivity contribution is 8.77. The number of nitrogens with zero attached hydrogens (tertiary/aromatic N) is 4. The average Bonchev–Trinajstić information content (AvgIpc) is 2.96. The fraction of sp³-hybridized carbons (Fsp3) is 0. The van der Waals surface area contributed by atoms with E-state index in [9.17, 15) is 29.8 Å². The SMILES string of the molecule is O=C(O)c1cc(SSc2ccc([N+](=O)[O-])c(C(=O)O)c2)ccc1[N+](=O)[O-].c1cc(SSc2ccncc2)ccn1. The first-order valence-electron chi connectivity index (χ1n) is 10.7. The Morgan fingerprint density at radius 3 is 1.20 bits per heavy atom. The van der Waals surface area contributed by atoms with Gasteiger partial charge in [0.2, 0.25) is 0 Å². The van der Waals surface area contributed by atoms with Gasteiger partial charge in [-0.3, -0.25) is 30.2 Å². The largest absolute Gasteiger partial charge is 0.477 e. The molecule has 0 atom stereocenters. The molecule has 0 spiro atoms. The van der Waals surface area contributed by atoms with Gasteiger partial charge in [0.25, 0.3) is 11.4 Å². The van der Waals surface area contributed by atoms with Gasteiger partial charge >= 0.3 is 11.9 Å². The van der Waals surface area contributed by atoms with E-state index >= 15 is 0 Å². The van der Waals surface area contributed by atoms with Gasteiger partial charge in [-0.15, -0.1) is 0 Å². The number of benzene rings is 2. The van der Waals surface area contributed by atoms with Gasteiger partial charge in [-0.2, -0.15) is 0 Å². The Labute approximate surface area is 241 Å². The molecular formula is C24H16N4O8S4. The molecule has 0 radical (unpaired) electrons. The summed E-state index contributed by atoms with van der Waals surface area (Å²) >= 11 is 0. The molecule has 0 fully saturated rings. The van der Waals surface area contributed by atoms with Crippen LogP contribution in [0.5, 0.6) is 0 Å². The average molecular weight is 617 g/mol. The fourth-order valence-corrected chi connectivity index (χ4v) is 6.65. The third-order valence-electron chi connectivity index (χ3n) is 4.56. The number of aromatic nitrogens is 2. The minimum absolute atomic E-state index is 0.383. The minimum Gasteiger partial charge on any atom is -0.477 e. The van der Waals surface area contributed by atoms with Gasteiger partial charge in [-0.1, -0.05) is 43.2 Å². The molecule has 0 saturated carbocycles. The summed E-state index contributed by atoms with van der Waals surface area (Å²) in [7, 11) is 5.50. The van der Waals surface area contributed by atoms with Crippen molar-refractivity contribution in [2.75, 3.05) is 0 Å². The highest BCUT2D eigenvalue weighted by Crippen LogP contribution is 2.40. The van der Waals surface area contributed by atoms with Crippen LogP contribution in [0, 0.1) is 20.2 Å². The van der Waals surface area contributed by atoms with Crippen molar-refractivity contribution >= 4 is 66.5 Å². The number of pyridine rings is 2. The van der Waals surface area contributed by atoms with Gasteiger partial charge in [-0.05, 0) is 48.5 Å². The predicted molar refractivity (Wildman–Crippen MR) is 152 cm³/mol. The lowest BCUT2D eigenvalue weighted by Gasteiger charge is -2.05. The number of carboxylic acid groups (broad SMARTS) is 2. The zero-order valence-electron chi connectivity index (χ0n) is 19.8. The highest BCUT2D eigenvalue weighted by Gasteiger charge is 2.22. The van der Waals surface area contributed by atoms with Crippen molar-refractivity contribution in [1.29, 1.82) is 0 Å². The third-order valence-corrected chi connectivity index (χ3v) is 9.36. The lowest BCUT2D eigenvalue weighted by Crippen LogP contribution is -2.02. The van der Waals surface area contributed by atoms with Crippen molar-refractivity contribution in [3.63, 3.8) is 0 Å². The second kappa shape index (κ2) is 14.9. The summed E-state index contributed by atoms with van der Waals surface area (Å²) in [4.78, 5) is 53.4. The topological polar surface area (TPSA) is 187 Å². The first kappa shape index (κ1) is 30.4. The van der Waals surface area contributed by atoms with Crippen LogP contribution < -0.4 is 0 Å². The lowest BCUT2D eigenvalue weighted by molar-refractivity contribution is -0.385. The molecule has 2 heterocycles. The van der Waals surface area contributed by atoms with Crippen LogP contribution in [0.25, 0.3) is 0 Å². The Balaban J connectivity index is 0.000000263. The Morgan fingerprint density at radius 2 is 0.900 bits per heavy atom. The molecule has 0 saturated heterocycles. The second-order valence-corrected chi connectivity index (χ2v) is 11.7. The Kier molecular flexibility index (Phi) is 11.3. The maximum atomic E-state index is 11.1. The summed E-state index contributed by atoms with van der Waals surface area (Å²) in [5.74, 6) is -2.90. The first-order valence-corrected chi connectivity index (χ1v) is 15.0. The molecule has 0 bridgehead atoms. The summed E-state index contributed by atoms with van der Waals surface area (Å²) in [5, 5.41) is 39.8. The number of carboxylic acids is 2. The van der Waals surface area contributed by atoms with Crippen LogP contribution in [-0.2, 0) is 0 Å². The molecule has 0 aliphatic carbocycles. The smallest absolute Gasteiger partial charge is 0.342 e. The zero-order valence-corrected chi connectivity index (χ0v) is 23.1. The summed E-state index contributed by atoms with van der Waals surface area (Å²) in [6.45, 7) is 0. The summed E-state index contributed by atoms with van der Waals surface area (Å²) in [5.41, 5.74) is -2.04. The van der Waals surface area contributed by atoms with E-state index in [1.807, 2.05) is 24.3 Å². The van der Waals surface area contributed by atoms with E-state index < -0.39 is 44.3 Å². The zero-order chi connectivity index (χ0) is 29.1. The maximum Gasteiger partial charge on any atom is 0.342 e. The number of nitro benzene ring substituents is 2. The van der Waals surface area contributed by atoms with Gasteiger partial charge in [0.1, 0.15) is 11.1 Å². The lowest BCUT2D eigenvalue weighted by atomic mass is 10.2. The van der Waals surface area contributed by atoms with Gasteiger partial charge in [0.05, 0.1) is 9.85 Å². The van der Waals surface area contributed by atoms with Gasteiger partial charge in [-0.25, -0.2) is 9.59 Å². The number of carbonyl (C=O) groups is 2. The molecule has 0 unspecified atom stereocenters. The molecule has 4 rings (SSSR count). The molecule has 4 aromatic rings. The molecule has 40 heavy (non-hydrogen) atoms. The molecule has 2 aromatic heterocycles. The standard InChI is InChI=1S/C14H8N2O8S2.C10H8N2S2/c17-13(18)9-5-7(1-3-11(9)15(21)22)25-26-8-2-4-12(16(23)24)10(6-8)14(19)20;1-5-11-6-2-9(1)13-14-10-3-7-12-8-4-10/h1-6H,(H,17,18)(H,19,20);1-8H. The van der Waals surface area contributed by atoms with Crippen molar-refractivity contribution in [3.8, 4) is 0 Å². The molecule has 204 valence electrons. The number of hydrogen-bond donors (Lipinski definition) is 2. The van der Waals surface area contributed by atoms with E-state index in [2.05, 4.69) is 9.97 Å². The van der Waals surface area contributed by atoms with E-state index in [1.54, 1.807) is 46.4 Å². The summed E-state index contributed by atoms with van der Waals surface area (Å²) in [6.07, 6.45) is 7.20. The quantitative estimate of drug-likeness (QED) is 0.105. The molecule has 12 nitrogen and oxygen atoms in total. The van der Waals surface area contributed by atoms with E-state index in [-0.39, 0.29) is 0 Å². The van der Waals surface area contributed by atoms with Gasteiger partial charge in [0.15, 0.2) is 0 Å². The minimum atomic E-state index is -1.45. The number of aromatic carboxylic acids is 2. The fourth-order valence-electron chi connectivity index (χ4n) is 2.78. The number of rotatable bonds is 10.